The number of aliphatic carboxylic acids is 1. The van der Waals surface area contributed by atoms with Crippen LogP contribution in [0.3, 0.4) is 0 Å². The number of aliphatic hydroxyl groups excluding tert-OH is 1. The van der Waals surface area contributed by atoms with Crippen LogP contribution in [0.25, 0.3) is 0 Å². The number of amides is 2. The van der Waals surface area contributed by atoms with Crippen molar-refractivity contribution in [2.75, 3.05) is 34.7 Å². The molecule has 6 atom stereocenters. The molecule has 2 fully saturated rings. The summed E-state index contributed by atoms with van der Waals surface area (Å²) in [6.45, 7) is 4.25. The van der Waals surface area contributed by atoms with Gasteiger partial charge in [0.2, 0.25) is 5.91 Å². The van der Waals surface area contributed by atoms with Crippen molar-refractivity contribution in [1.82, 2.24) is 9.80 Å². The van der Waals surface area contributed by atoms with Gasteiger partial charge in [0.1, 0.15) is 5.70 Å². The van der Waals surface area contributed by atoms with Gasteiger partial charge in [0.15, 0.2) is 6.04 Å². The van der Waals surface area contributed by atoms with Gasteiger partial charge in [-0.05, 0) is 6.92 Å². The maximum absolute atomic E-state index is 12.6. The van der Waals surface area contributed by atoms with E-state index < -0.39 is 18.0 Å². The minimum Gasteiger partial charge on any atom is -0.477 e. The van der Waals surface area contributed by atoms with Crippen molar-refractivity contribution in [2.24, 2.45) is 11.8 Å². The smallest absolute Gasteiger partial charge is 0.353 e. The highest BCUT2D eigenvalue weighted by molar-refractivity contribution is 8.03. The first-order chi connectivity index (χ1) is 12.9. The van der Waals surface area contributed by atoms with E-state index in [0.29, 0.717) is 15.8 Å². The van der Waals surface area contributed by atoms with Gasteiger partial charge in [-0.2, -0.15) is 0 Å². The summed E-state index contributed by atoms with van der Waals surface area (Å²) in [5.41, 5.74) is 0.0529. The van der Waals surface area contributed by atoms with Crippen LogP contribution in [0.4, 0.5) is 0 Å². The van der Waals surface area contributed by atoms with Gasteiger partial charge >= 0.3 is 5.97 Å². The molecular weight excluding hydrogens is 382 g/mol. The fourth-order valence-corrected chi connectivity index (χ4v) is 6.65. The summed E-state index contributed by atoms with van der Waals surface area (Å²) < 4.78 is 0.557. The summed E-state index contributed by atoms with van der Waals surface area (Å²) >= 11 is 1.49. The van der Waals surface area contributed by atoms with Crippen LogP contribution in [-0.4, -0.2) is 100 Å². The minimum absolute atomic E-state index is 0.0529. The first kappa shape index (κ1) is 21.1. The molecule has 8 nitrogen and oxygen atoms in total. The number of hydrogen-bond acceptors (Lipinski definition) is 5. The van der Waals surface area contributed by atoms with E-state index in [1.165, 1.54) is 16.7 Å². The number of likely N-dealkylation sites (N-methyl/N-ethyl adjacent to an activating group) is 2. The molecule has 0 aliphatic carbocycles. The van der Waals surface area contributed by atoms with E-state index in [2.05, 4.69) is 0 Å². The number of carboxylic acids is 1. The molecule has 0 aromatic carbocycles. The Morgan fingerprint density at radius 3 is 2.43 bits per heavy atom. The molecule has 2 amide bonds. The quantitative estimate of drug-likeness (QED) is 0.494. The zero-order chi connectivity index (χ0) is 21.1. The molecule has 0 unspecified atom stereocenters. The van der Waals surface area contributed by atoms with Gasteiger partial charge < -0.3 is 24.5 Å². The fraction of sp³-hybridized carbons (Fsp3) is 0.737. The van der Waals surface area contributed by atoms with E-state index in [4.69, 9.17) is 0 Å². The van der Waals surface area contributed by atoms with Crippen LogP contribution in [0.2, 0.25) is 0 Å². The second-order valence-corrected chi connectivity index (χ2v) is 10.3. The Bertz CT molecular complexity index is 748. The van der Waals surface area contributed by atoms with Gasteiger partial charge in [0, 0.05) is 31.3 Å². The summed E-state index contributed by atoms with van der Waals surface area (Å²) in [5, 5.41) is 19.8. The number of carbonyl (C=O) groups excluding carboxylic acids is 2. The number of aliphatic hydroxyl groups is 1. The molecule has 3 rings (SSSR count). The van der Waals surface area contributed by atoms with Crippen molar-refractivity contribution in [2.45, 2.75) is 43.7 Å². The number of β-lactam (4-membered cyclic amide) rings is 1. The number of thioether (sulfide) groups is 1. The maximum atomic E-state index is 12.6. The van der Waals surface area contributed by atoms with Gasteiger partial charge in [0.25, 0.3) is 5.91 Å². The Morgan fingerprint density at radius 2 is 1.93 bits per heavy atom. The van der Waals surface area contributed by atoms with Gasteiger partial charge in [-0.25, -0.2) is 4.79 Å². The van der Waals surface area contributed by atoms with E-state index in [1.54, 1.807) is 25.9 Å². The van der Waals surface area contributed by atoms with E-state index >= 15 is 0 Å². The molecule has 0 aromatic rings. The number of nitrogens with zero attached hydrogens (tertiary/aromatic N) is 3. The lowest BCUT2D eigenvalue weighted by Gasteiger charge is -2.46. The molecule has 2 N–H and O–H groups in total. The van der Waals surface area contributed by atoms with E-state index in [0.717, 1.165) is 6.54 Å². The number of carbonyl (C=O) groups is 3. The Kier molecular flexibility index (Phi) is 5.31. The Hall–Kier alpha value is -1.58. The number of fused-ring (bicyclic) bond motifs is 1. The highest BCUT2D eigenvalue weighted by atomic mass is 32.2. The van der Waals surface area contributed by atoms with Crippen molar-refractivity contribution in [3.8, 4) is 0 Å². The van der Waals surface area contributed by atoms with Gasteiger partial charge in [-0.3, -0.25) is 9.59 Å². The second-order valence-electron chi connectivity index (χ2n) is 8.96. The van der Waals surface area contributed by atoms with E-state index in [-0.39, 0.29) is 40.8 Å². The lowest BCUT2D eigenvalue weighted by atomic mass is 9.79. The molecule has 3 heterocycles. The van der Waals surface area contributed by atoms with E-state index in [1.807, 2.05) is 21.0 Å². The molecule has 9 heteroatoms. The van der Waals surface area contributed by atoms with Crippen LogP contribution < -0.4 is 0 Å². The fourth-order valence-electron chi connectivity index (χ4n) is 4.90. The van der Waals surface area contributed by atoms with Crippen molar-refractivity contribution in [3.63, 3.8) is 0 Å². The molecule has 0 radical (unpaired) electrons. The van der Waals surface area contributed by atoms with Crippen molar-refractivity contribution in [1.29, 1.82) is 0 Å². The largest absolute Gasteiger partial charge is 0.477 e. The SMILES string of the molecule is C[C@@H](O)[C@H]1C(=O)N2C(C(=O)O)=C(S[C@H]3C[C@H](C(=O)N(C)C)[N+](C)(C)C3)[C@H](C)[C@H]12. The highest BCUT2D eigenvalue weighted by Gasteiger charge is 2.60. The molecule has 28 heavy (non-hydrogen) atoms. The first-order valence-corrected chi connectivity index (χ1v) is 10.5. The molecule has 0 aromatic heterocycles. The van der Waals surface area contributed by atoms with Crippen LogP contribution >= 0.6 is 11.8 Å². The Morgan fingerprint density at radius 1 is 1.32 bits per heavy atom. The van der Waals surface area contributed by atoms with Crippen molar-refractivity contribution >= 4 is 29.5 Å². The third kappa shape index (κ3) is 3.13. The normalized spacial score (nSPS) is 34.9. The third-order valence-electron chi connectivity index (χ3n) is 6.33. The Labute approximate surface area is 169 Å². The molecule has 0 spiro atoms. The number of rotatable bonds is 5. The summed E-state index contributed by atoms with van der Waals surface area (Å²) in [4.78, 5) is 40.6. The van der Waals surface area contributed by atoms with Crippen molar-refractivity contribution in [3.05, 3.63) is 10.6 Å². The molecule has 0 bridgehead atoms. The van der Waals surface area contributed by atoms with Gasteiger partial charge in [-0.1, -0.05) is 6.92 Å². The number of likely N-dealkylation sites (tertiary alicyclic amines) is 1. The van der Waals surface area contributed by atoms with Crippen LogP contribution in [-0.2, 0) is 14.4 Å². The molecule has 3 aliphatic rings. The summed E-state index contributed by atoms with van der Waals surface area (Å²) in [7, 11) is 7.55. The minimum atomic E-state index is -1.11. The maximum Gasteiger partial charge on any atom is 0.353 e. The summed E-state index contributed by atoms with van der Waals surface area (Å²) in [6.07, 6.45) is -0.143. The summed E-state index contributed by atoms with van der Waals surface area (Å²) in [5.74, 6) is -2.05. The van der Waals surface area contributed by atoms with Gasteiger partial charge in [-0.15, -0.1) is 11.8 Å². The first-order valence-electron chi connectivity index (χ1n) is 9.57. The third-order valence-corrected chi connectivity index (χ3v) is 7.83. The van der Waals surface area contributed by atoms with Gasteiger partial charge in [0.05, 0.1) is 44.0 Å². The average molecular weight is 413 g/mol. The molecule has 2 saturated heterocycles. The van der Waals surface area contributed by atoms with Crippen LogP contribution in [0.5, 0.6) is 0 Å². The molecule has 3 aliphatic heterocycles. The second kappa shape index (κ2) is 7.03. The predicted molar refractivity (Wildman–Crippen MR) is 105 cm³/mol. The number of hydrogen-bond donors (Lipinski definition) is 2. The molecule has 0 saturated carbocycles. The van der Waals surface area contributed by atoms with E-state index in [9.17, 15) is 24.6 Å². The van der Waals surface area contributed by atoms with Crippen LogP contribution in [0.1, 0.15) is 20.3 Å². The lowest BCUT2D eigenvalue weighted by molar-refractivity contribution is -0.893. The average Bonchev–Trinajstić information content (AvgIpc) is 2.99. The molecule has 156 valence electrons. The standard InChI is InChI=1S/C19H29N3O5S/c1-9-14-13(10(2)23)18(25)21(14)15(19(26)27)16(9)28-11-7-12(17(24)20(3)4)22(5,6)8-11/h9-14,23H,7-8H2,1-6H3/p+1/t9-,10-,11+,12-,13-,14-/m1/s1. The summed E-state index contributed by atoms with van der Waals surface area (Å²) in [6, 6.07) is -0.467. The zero-order valence-corrected chi connectivity index (χ0v) is 18.1. The molecular formula is C19H30N3O5S+. The predicted octanol–water partition coefficient (Wildman–Crippen LogP) is 0.179. The van der Waals surface area contributed by atoms with Crippen LogP contribution in [0.15, 0.2) is 10.6 Å². The van der Waals surface area contributed by atoms with Crippen LogP contribution in [0, 0.1) is 11.8 Å². The van der Waals surface area contributed by atoms with Crippen molar-refractivity contribution < 1.29 is 29.1 Å². The Balaban J connectivity index is 1.85. The number of quaternary nitrogens is 1. The number of carboxylic acid groups (broad SMARTS) is 1. The monoisotopic (exact) mass is 412 g/mol. The highest BCUT2D eigenvalue weighted by Crippen LogP contribution is 2.52. The topological polar surface area (TPSA) is 98.1 Å². The lowest BCUT2D eigenvalue weighted by Crippen LogP contribution is -2.63. The zero-order valence-electron chi connectivity index (χ0n) is 17.2.